The Hall–Kier alpha value is -2.35. The molecule has 8 heteroatoms. The van der Waals surface area contributed by atoms with Gasteiger partial charge in [-0.15, -0.1) is 0 Å². The molecule has 1 aromatic heterocycles. The average Bonchev–Trinajstić information content (AvgIpc) is 2.33. The number of nitrogens with two attached hydrogens (primary N) is 2. The van der Waals surface area contributed by atoms with Gasteiger partial charge in [-0.1, -0.05) is 0 Å². The van der Waals surface area contributed by atoms with Crippen molar-refractivity contribution in [2.45, 2.75) is 6.54 Å². The van der Waals surface area contributed by atoms with Crippen LogP contribution in [0.1, 0.15) is 0 Å². The van der Waals surface area contributed by atoms with E-state index in [2.05, 4.69) is 5.32 Å². The lowest BCUT2D eigenvalue weighted by molar-refractivity contribution is -0.122. The third-order valence-corrected chi connectivity index (χ3v) is 2.13. The summed E-state index contributed by atoms with van der Waals surface area (Å²) in [5, 5.41) is 2.53. The first-order valence-electron chi connectivity index (χ1n) is 5.58. The van der Waals surface area contributed by atoms with E-state index >= 15 is 0 Å². The van der Waals surface area contributed by atoms with Crippen LogP contribution in [0.25, 0.3) is 0 Å². The van der Waals surface area contributed by atoms with Crippen molar-refractivity contribution in [2.75, 3.05) is 25.5 Å². The van der Waals surface area contributed by atoms with Crippen molar-refractivity contribution in [3.63, 3.8) is 0 Å². The number of aromatic nitrogens is 1. The predicted molar refractivity (Wildman–Crippen MR) is 68.1 cm³/mol. The maximum absolute atomic E-state index is 11.5. The number of hydrogen-bond donors (Lipinski definition) is 3. The summed E-state index contributed by atoms with van der Waals surface area (Å²) < 4.78 is 6.06. The van der Waals surface area contributed by atoms with Crippen molar-refractivity contribution in [3.05, 3.63) is 28.7 Å². The molecular formula is C11H16N4O4. The van der Waals surface area contributed by atoms with Crippen molar-refractivity contribution in [1.82, 2.24) is 9.88 Å². The van der Waals surface area contributed by atoms with E-state index in [0.717, 1.165) is 0 Å². The summed E-state index contributed by atoms with van der Waals surface area (Å²) in [6, 6.07) is 2.76. The van der Waals surface area contributed by atoms with Crippen LogP contribution in [0.15, 0.2) is 23.1 Å². The molecule has 8 nitrogen and oxygen atoms in total. The van der Waals surface area contributed by atoms with Crippen LogP contribution >= 0.6 is 0 Å². The highest BCUT2D eigenvalue weighted by molar-refractivity contribution is 5.76. The standard InChI is InChI=1S/C11H16N4O4/c12-8-1-2-11(18)15(5-8)6-10(17)14-3-4-19-7-9(13)16/h1-2,5H,3-4,6-7,12H2,(H2,13,16)(H,14,17). The number of ether oxygens (including phenoxy) is 1. The van der Waals surface area contributed by atoms with Gasteiger partial charge in [-0.2, -0.15) is 0 Å². The highest BCUT2D eigenvalue weighted by Crippen LogP contribution is 1.95. The van der Waals surface area contributed by atoms with Gasteiger partial charge in [-0.25, -0.2) is 0 Å². The fourth-order valence-electron chi connectivity index (χ4n) is 1.32. The summed E-state index contributed by atoms with van der Waals surface area (Å²) in [5.74, 6) is -0.923. The number of carbonyl (C=O) groups excluding carboxylic acids is 2. The Morgan fingerprint density at radius 2 is 2.11 bits per heavy atom. The second-order valence-corrected chi connectivity index (χ2v) is 3.80. The minimum absolute atomic E-state index is 0.125. The van der Waals surface area contributed by atoms with Crippen LogP contribution in [-0.4, -0.2) is 36.1 Å². The molecule has 0 saturated carbocycles. The molecule has 2 amide bonds. The highest BCUT2D eigenvalue weighted by Gasteiger charge is 2.04. The normalized spacial score (nSPS) is 10.1. The van der Waals surface area contributed by atoms with Crippen molar-refractivity contribution >= 4 is 17.5 Å². The molecule has 0 unspecified atom stereocenters. The lowest BCUT2D eigenvalue weighted by atomic mass is 10.4. The van der Waals surface area contributed by atoms with E-state index in [1.807, 2.05) is 0 Å². The number of nitrogen functional groups attached to an aromatic ring is 1. The van der Waals surface area contributed by atoms with E-state index in [0.29, 0.717) is 5.69 Å². The first-order valence-corrected chi connectivity index (χ1v) is 5.58. The second kappa shape index (κ2) is 7.17. The summed E-state index contributed by atoms with van der Waals surface area (Å²) in [6.45, 7) is 0.0773. The molecule has 0 aliphatic carbocycles. The molecule has 1 rings (SSSR count). The third kappa shape index (κ3) is 5.68. The summed E-state index contributed by atoms with van der Waals surface area (Å²) in [5.41, 5.74) is 10.5. The van der Waals surface area contributed by atoms with E-state index < -0.39 is 5.91 Å². The van der Waals surface area contributed by atoms with Gasteiger partial charge in [0.2, 0.25) is 11.8 Å². The Kier molecular flexibility index (Phi) is 5.55. The second-order valence-electron chi connectivity index (χ2n) is 3.80. The summed E-state index contributed by atoms with van der Waals surface area (Å²) >= 11 is 0. The first kappa shape index (κ1) is 14.7. The average molecular weight is 268 g/mol. The van der Waals surface area contributed by atoms with Gasteiger partial charge < -0.3 is 26.1 Å². The van der Waals surface area contributed by atoms with E-state index in [-0.39, 0.29) is 37.8 Å². The zero-order valence-electron chi connectivity index (χ0n) is 10.3. The number of amides is 2. The topological polar surface area (TPSA) is 129 Å². The molecule has 0 bridgehead atoms. The molecule has 0 aromatic carbocycles. The molecule has 0 atom stereocenters. The molecule has 0 spiro atoms. The minimum Gasteiger partial charge on any atom is -0.398 e. The van der Waals surface area contributed by atoms with Gasteiger partial charge in [-0.05, 0) is 6.07 Å². The zero-order chi connectivity index (χ0) is 14.3. The molecular weight excluding hydrogens is 252 g/mol. The van der Waals surface area contributed by atoms with E-state index in [4.69, 9.17) is 16.2 Å². The number of primary amides is 1. The maximum Gasteiger partial charge on any atom is 0.251 e. The Labute approximate surface area is 109 Å². The van der Waals surface area contributed by atoms with Crippen molar-refractivity contribution in [3.8, 4) is 0 Å². The molecule has 19 heavy (non-hydrogen) atoms. The number of pyridine rings is 1. The number of anilines is 1. The number of nitrogens with one attached hydrogen (secondary N) is 1. The molecule has 104 valence electrons. The smallest absolute Gasteiger partial charge is 0.251 e. The van der Waals surface area contributed by atoms with Gasteiger partial charge in [0.15, 0.2) is 0 Å². The Balaban J connectivity index is 2.33. The monoisotopic (exact) mass is 268 g/mol. The van der Waals surface area contributed by atoms with Gasteiger partial charge in [0.05, 0.1) is 6.61 Å². The van der Waals surface area contributed by atoms with E-state index in [9.17, 15) is 14.4 Å². The fraction of sp³-hybridized carbons (Fsp3) is 0.364. The van der Waals surface area contributed by atoms with Gasteiger partial charge in [0.25, 0.3) is 5.56 Å². The number of hydrogen-bond acceptors (Lipinski definition) is 5. The highest BCUT2D eigenvalue weighted by atomic mass is 16.5. The van der Waals surface area contributed by atoms with Crippen molar-refractivity contribution in [1.29, 1.82) is 0 Å². The number of carbonyl (C=O) groups is 2. The zero-order valence-corrected chi connectivity index (χ0v) is 10.3. The van der Waals surface area contributed by atoms with Crippen LogP contribution in [0.3, 0.4) is 0 Å². The fourth-order valence-corrected chi connectivity index (χ4v) is 1.32. The largest absolute Gasteiger partial charge is 0.398 e. The van der Waals surface area contributed by atoms with Crippen molar-refractivity contribution < 1.29 is 14.3 Å². The molecule has 1 heterocycles. The lowest BCUT2D eigenvalue weighted by Crippen LogP contribution is -2.34. The van der Waals surface area contributed by atoms with Crippen LogP contribution in [0.5, 0.6) is 0 Å². The van der Waals surface area contributed by atoms with Crippen LogP contribution in [0.4, 0.5) is 5.69 Å². The molecule has 0 fully saturated rings. The van der Waals surface area contributed by atoms with Crippen LogP contribution in [0.2, 0.25) is 0 Å². The van der Waals surface area contributed by atoms with E-state index in [1.165, 1.54) is 22.9 Å². The molecule has 5 N–H and O–H groups in total. The predicted octanol–water partition coefficient (Wildman–Crippen LogP) is -1.95. The summed E-state index contributed by atoms with van der Waals surface area (Å²) in [7, 11) is 0. The van der Waals surface area contributed by atoms with Crippen molar-refractivity contribution in [2.24, 2.45) is 5.73 Å². The van der Waals surface area contributed by atoms with Gasteiger partial charge in [-0.3, -0.25) is 14.4 Å². The molecule has 0 aliphatic heterocycles. The quantitative estimate of drug-likeness (QED) is 0.495. The van der Waals surface area contributed by atoms with Crippen LogP contribution < -0.4 is 22.3 Å². The molecule has 0 saturated heterocycles. The molecule has 0 radical (unpaired) electrons. The molecule has 0 aliphatic rings. The van der Waals surface area contributed by atoms with Gasteiger partial charge >= 0.3 is 0 Å². The first-order chi connectivity index (χ1) is 8.99. The number of nitrogens with zero attached hydrogens (tertiary/aromatic N) is 1. The van der Waals surface area contributed by atoms with Gasteiger partial charge in [0.1, 0.15) is 13.2 Å². The Morgan fingerprint density at radius 1 is 1.37 bits per heavy atom. The van der Waals surface area contributed by atoms with E-state index in [1.54, 1.807) is 0 Å². The third-order valence-electron chi connectivity index (χ3n) is 2.13. The SMILES string of the molecule is NC(=O)COCCNC(=O)Cn1cc(N)ccc1=O. The van der Waals surface area contributed by atoms with Crippen LogP contribution in [0, 0.1) is 0 Å². The summed E-state index contributed by atoms with van der Waals surface area (Å²) in [4.78, 5) is 33.3. The summed E-state index contributed by atoms with van der Waals surface area (Å²) in [6.07, 6.45) is 1.39. The lowest BCUT2D eigenvalue weighted by Gasteiger charge is -2.07. The number of rotatable bonds is 7. The Morgan fingerprint density at radius 3 is 2.79 bits per heavy atom. The minimum atomic E-state index is -0.572. The van der Waals surface area contributed by atoms with Gasteiger partial charge in [0, 0.05) is 24.5 Å². The van der Waals surface area contributed by atoms with Crippen LogP contribution in [-0.2, 0) is 20.9 Å². The Bertz CT molecular complexity index is 512. The molecule has 1 aromatic rings. The maximum atomic E-state index is 11.5.